The molecule has 1 N–H and O–H groups in total. The van der Waals surface area contributed by atoms with E-state index in [1.54, 1.807) is 25.3 Å². The molecule has 3 aromatic rings. The van der Waals surface area contributed by atoms with Gasteiger partial charge in [0.1, 0.15) is 23.7 Å². The quantitative estimate of drug-likeness (QED) is 0.750. The highest BCUT2D eigenvalue weighted by Gasteiger charge is 2.13. The van der Waals surface area contributed by atoms with E-state index in [9.17, 15) is 8.78 Å². The predicted octanol–water partition coefficient (Wildman–Crippen LogP) is 3.64. The van der Waals surface area contributed by atoms with E-state index >= 15 is 0 Å². The fourth-order valence-electron chi connectivity index (χ4n) is 2.17. The summed E-state index contributed by atoms with van der Waals surface area (Å²) >= 11 is 0. The van der Waals surface area contributed by atoms with Crippen molar-refractivity contribution in [3.05, 3.63) is 53.9 Å². The van der Waals surface area contributed by atoms with Crippen molar-refractivity contribution < 1.29 is 13.5 Å². The molecule has 6 heteroatoms. The Morgan fingerprint density at radius 3 is 2.74 bits per heavy atom. The van der Waals surface area contributed by atoms with Crippen molar-refractivity contribution in [3.8, 4) is 18.1 Å². The summed E-state index contributed by atoms with van der Waals surface area (Å²) in [6, 6.07) is 7.59. The number of nitrogens with zero attached hydrogens (tertiary/aromatic N) is 2. The number of ether oxygens (including phenoxy) is 1. The van der Waals surface area contributed by atoms with Crippen LogP contribution in [0.2, 0.25) is 0 Å². The molecule has 0 aliphatic carbocycles. The second-order valence-corrected chi connectivity index (χ2v) is 4.66. The maximum atomic E-state index is 14.2. The van der Waals surface area contributed by atoms with Crippen molar-refractivity contribution in [2.24, 2.45) is 0 Å². The lowest BCUT2D eigenvalue weighted by Crippen LogP contribution is -2.01. The summed E-state index contributed by atoms with van der Waals surface area (Å²) in [5.41, 5.74) is 0.242. The maximum Gasteiger partial charge on any atom is 0.165 e. The zero-order valence-electron chi connectivity index (χ0n) is 12.1. The fraction of sp³-hybridized carbons (Fsp3) is 0.0588. The van der Waals surface area contributed by atoms with Gasteiger partial charge in [-0.25, -0.2) is 18.7 Å². The molecule has 0 amide bonds. The Morgan fingerprint density at radius 2 is 2.00 bits per heavy atom. The lowest BCUT2D eigenvalue weighted by molar-refractivity contribution is 0.415. The molecule has 0 aliphatic rings. The number of fused-ring (bicyclic) bond motifs is 1. The predicted molar refractivity (Wildman–Crippen MR) is 83.7 cm³/mol. The highest BCUT2D eigenvalue weighted by Crippen LogP contribution is 2.28. The second kappa shape index (κ2) is 5.89. The SMILES string of the molecule is C#Cc1c(F)ccc(Nc2ncnc3cc(OC)ccc23)c1F. The lowest BCUT2D eigenvalue weighted by atomic mass is 10.1. The standard InChI is InChI=1S/C17H11F2N3O/c1-3-11-13(18)6-7-14(16(11)19)22-17-12-5-4-10(23-2)8-15(12)20-9-21-17/h1,4-9H,2H3,(H,20,21,22). The second-order valence-electron chi connectivity index (χ2n) is 4.66. The van der Waals surface area contributed by atoms with Gasteiger partial charge >= 0.3 is 0 Å². The van der Waals surface area contributed by atoms with Crippen LogP contribution in [0.1, 0.15) is 5.56 Å². The fourth-order valence-corrected chi connectivity index (χ4v) is 2.17. The number of methoxy groups -OCH3 is 1. The molecule has 23 heavy (non-hydrogen) atoms. The van der Waals surface area contributed by atoms with E-state index in [-0.39, 0.29) is 5.69 Å². The summed E-state index contributed by atoms with van der Waals surface area (Å²) in [4.78, 5) is 8.25. The first-order chi connectivity index (χ1) is 11.1. The van der Waals surface area contributed by atoms with Crippen LogP contribution in [-0.4, -0.2) is 17.1 Å². The van der Waals surface area contributed by atoms with Crippen LogP contribution < -0.4 is 10.1 Å². The first-order valence-corrected chi connectivity index (χ1v) is 6.64. The Bertz CT molecular complexity index is 935. The molecule has 0 fully saturated rings. The molecule has 3 rings (SSSR count). The molecular formula is C17H11F2N3O. The molecule has 0 atom stereocenters. The highest BCUT2D eigenvalue weighted by atomic mass is 19.1. The van der Waals surface area contributed by atoms with Gasteiger partial charge in [-0.1, -0.05) is 5.92 Å². The van der Waals surface area contributed by atoms with Gasteiger partial charge in [-0.2, -0.15) is 0 Å². The van der Waals surface area contributed by atoms with Crippen LogP contribution in [0, 0.1) is 24.0 Å². The van der Waals surface area contributed by atoms with E-state index in [0.29, 0.717) is 22.5 Å². The van der Waals surface area contributed by atoms with Crippen molar-refractivity contribution in [1.29, 1.82) is 0 Å². The van der Waals surface area contributed by atoms with Gasteiger partial charge in [0.2, 0.25) is 0 Å². The number of nitrogens with one attached hydrogen (secondary N) is 1. The summed E-state index contributed by atoms with van der Waals surface area (Å²) in [6.45, 7) is 0. The molecular weight excluding hydrogens is 300 g/mol. The van der Waals surface area contributed by atoms with Gasteiger partial charge in [0, 0.05) is 11.5 Å². The third kappa shape index (κ3) is 2.64. The zero-order valence-corrected chi connectivity index (χ0v) is 12.1. The van der Waals surface area contributed by atoms with Crippen molar-refractivity contribution >= 4 is 22.4 Å². The molecule has 4 nitrogen and oxygen atoms in total. The Balaban J connectivity index is 2.08. The zero-order chi connectivity index (χ0) is 16.4. The van der Waals surface area contributed by atoms with Crippen LogP contribution in [0.25, 0.3) is 10.9 Å². The van der Waals surface area contributed by atoms with Crippen molar-refractivity contribution in [1.82, 2.24) is 9.97 Å². The first-order valence-electron chi connectivity index (χ1n) is 6.64. The van der Waals surface area contributed by atoms with E-state index in [1.165, 1.54) is 12.4 Å². The molecule has 2 aromatic carbocycles. The number of hydrogen-bond acceptors (Lipinski definition) is 4. The van der Waals surface area contributed by atoms with Crippen LogP contribution in [0.5, 0.6) is 5.75 Å². The van der Waals surface area contributed by atoms with Crippen LogP contribution in [0.4, 0.5) is 20.3 Å². The lowest BCUT2D eigenvalue weighted by Gasteiger charge is -2.11. The van der Waals surface area contributed by atoms with Gasteiger partial charge in [-0.3, -0.25) is 0 Å². The molecule has 0 spiro atoms. The van der Waals surface area contributed by atoms with Gasteiger partial charge in [0.05, 0.1) is 23.9 Å². The molecule has 1 heterocycles. The summed E-state index contributed by atoms with van der Waals surface area (Å²) < 4.78 is 32.8. The van der Waals surface area contributed by atoms with E-state index in [2.05, 4.69) is 15.3 Å². The average Bonchev–Trinajstić information content (AvgIpc) is 2.57. The molecule has 1 aromatic heterocycles. The molecule has 0 unspecified atom stereocenters. The minimum Gasteiger partial charge on any atom is -0.497 e. The van der Waals surface area contributed by atoms with E-state index in [0.717, 1.165) is 6.07 Å². The minimum atomic E-state index is -0.840. The molecule has 0 bridgehead atoms. The van der Waals surface area contributed by atoms with Crippen LogP contribution >= 0.6 is 0 Å². The number of aromatic nitrogens is 2. The number of anilines is 2. The van der Waals surface area contributed by atoms with E-state index in [4.69, 9.17) is 11.2 Å². The number of rotatable bonds is 3. The van der Waals surface area contributed by atoms with Crippen molar-refractivity contribution in [3.63, 3.8) is 0 Å². The van der Waals surface area contributed by atoms with Gasteiger partial charge in [0.15, 0.2) is 5.82 Å². The maximum absolute atomic E-state index is 14.2. The third-order valence-electron chi connectivity index (χ3n) is 3.33. The Kier molecular flexibility index (Phi) is 3.77. The monoisotopic (exact) mass is 311 g/mol. The number of halogens is 2. The van der Waals surface area contributed by atoms with Gasteiger partial charge in [0.25, 0.3) is 0 Å². The summed E-state index contributed by atoms with van der Waals surface area (Å²) in [5.74, 6) is 1.40. The van der Waals surface area contributed by atoms with Gasteiger partial charge in [-0.05, 0) is 24.3 Å². The van der Waals surface area contributed by atoms with Crippen LogP contribution in [0.15, 0.2) is 36.7 Å². The summed E-state index contributed by atoms with van der Waals surface area (Å²) in [5, 5.41) is 3.49. The largest absolute Gasteiger partial charge is 0.497 e. The van der Waals surface area contributed by atoms with Crippen LogP contribution in [0.3, 0.4) is 0 Å². The highest BCUT2D eigenvalue weighted by molar-refractivity contribution is 5.91. The smallest absolute Gasteiger partial charge is 0.165 e. The first kappa shape index (κ1) is 14.7. The normalized spacial score (nSPS) is 10.3. The Labute approximate surface area is 131 Å². The van der Waals surface area contributed by atoms with E-state index < -0.39 is 17.2 Å². The molecule has 114 valence electrons. The summed E-state index contributed by atoms with van der Waals surface area (Å²) in [6.07, 6.45) is 6.48. The third-order valence-corrected chi connectivity index (χ3v) is 3.33. The number of hydrogen-bond donors (Lipinski definition) is 1. The summed E-state index contributed by atoms with van der Waals surface area (Å²) in [7, 11) is 1.55. The average molecular weight is 311 g/mol. The van der Waals surface area contributed by atoms with Crippen molar-refractivity contribution in [2.45, 2.75) is 0 Å². The van der Waals surface area contributed by atoms with Gasteiger partial charge in [-0.15, -0.1) is 6.42 Å². The van der Waals surface area contributed by atoms with Gasteiger partial charge < -0.3 is 10.1 Å². The molecule has 0 radical (unpaired) electrons. The number of terminal acetylenes is 1. The molecule has 0 aliphatic heterocycles. The molecule has 0 saturated heterocycles. The van der Waals surface area contributed by atoms with E-state index in [1.807, 2.05) is 5.92 Å². The van der Waals surface area contributed by atoms with Crippen molar-refractivity contribution in [2.75, 3.05) is 12.4 Å². The molecule has 0 saturated carbocycles. The minimum absolute atomic E-state index is 0.0372. The van der Waals surface area contributed by atoms with Crippen LogP contribution in [-0.2, 0) is 0 Å². The number of benzene rings is 2. The Hall–Kier alpha value is -3.20. The topological polar surface area (TPSA) is 47.0 Å². The Morgan fingerprint density at radius 1 is 1.17 bits per heavy atom.